The maximum Gasteiger partial charge on any atom is 0.285 e. The molecule has 6 nitrogen and oxygen atoms in total. The van der Waals surface area contributed by atoms with Gasteiger partial charge < -0.3 is 15.1 Å². The second kappa shape index (κ2) is 8.44. The van der Waals surface area contributed by atoms with Crippen molar-refractivity contribution in [3.63, 3.8) is 0 Å². The van der Waals surface area contributed by atoms with E-state index in [2.05, 4.69) is 41.4 Å². The number of fused-ring (bicyclic) bond motifs is 1. The predicted molar refractivity (Wildman–Crippen MR) is 113 cm³/mol. The Labute approximate surface area is 166 Å². The Morgan fingerprint density at radius 3 is 2.50 bits per heavy atom. The lowest BCUT2D eigenvalue weighted by molar-refractivity contribution is -0.926. The van der Waals surface area contributed by atoms with Gasteiger partial charge in [0.25, 0.3) is 5.91 Å². The minimum Gasteiger partial charge on any atom is -0.378 e. The number of hydrogen-bond donors (Lipinski definition) is 2. The zero-order chi connectivity index (χ0) is 20.3. The van der Waals surface area contributed by atoms with Crippen molar-refractivity contribution in [3.8, 4) is 0 Å². The van der Waals surface area contributed by atoms with Crippen molar-refractivity contribution in [1.82, 2.24) is 0 Å². The number of anilines is 3. The standard InChI is InChI=1S/C22H28N4O2/c1-5-25(14-17-10-12-18(13-11-17)24(3)4)16(2)22(28)26-15-21(27)23-19-8-6-7-9-20(19)26/h6-13,16H,5,14-15H2,1-4H3,(H,23,27)/p+1/t16-/m0/s1. The molecule has 148 valence electrons. The van der Waals surface area contributed by atoms with Crippen LogP contribution < -0.4 is 20.0 Å². The van der Waals surface area contributed by atoms with E-state index in [4.69, 9.17) is 0 Å². The van der Waals surface area contributed by atoms with Crippen molar-refractivity contribution in [2.24, 2.45) is 0 Å². The quantitative estimate of drug-likeness (QED) is 0.798. The Hall–Kier alpha value is -2.86. The van der Waals surface area contributed by atoms with Crippen molar-refractivity contribution in [3.05, 3.63) is 54.1 Å². The smallest absolute Gasteiger partial charge is 0.285 e. The molecule has 1 unspecified atom stereocenters. The van der Waals surface area contributed by atoms with E-state index in [1.165, 1.54) is 10.5 Å². The van der Waals surface area contributed by atoms with Gasteiger partial charge >= 0.3 is 0 Å². The molecule has 2 atom stereocenters. The molecule has 0 aliphatic carbocycles. The van der Waals surface area contributed by atoms with Crippen molar-refractivity contribution in [1.29, 1.82) is 0 Å². The zero-order valence-corrected chi connectivity index (χ0v) is 17.0. The van der Waals surface area contributed by atoms with E-state index in [-0.39, 0.29) is 24.4 Å². The van der Waals surface area contributed by atoms with Crippen molar-refractivity contribution < 1.29 is 14.5 Å². The van der Waals surface area contributed by atoms with Gasteiger partial charge in [-0.05, 0) is 38.1 Å². The van der Waals surface area contributed by atoms with Crippen molar-refractivity contribution in [2.45, 2.75) is 26.4 Å². The molecule has 0 bridgehead atoms. The number of quaternary nitrogens is 1. The first-order chi connectivity index (χ1) is 13.4. The number of nitrogens with zero attached hydrogens (tertiary/aromatic N) is 2. The van der Waals surface area contributed by atoms with Gasteiger partial charge in [0.05, 0.1) is 17.9 Å². The summed E-state index contributed by atoms with van der Waals surface area (Å²) in [6.45, 7) is 5.69. The molecular weight excluding hydrogens is 352 g/mol. The van der Waals surface area contributed by atoms with Crippen LogP contribution in [0.1, 0.15) is 19.4 Å². The highest BCUT2D eigenvalue weighted by Crippen LogP contribution is 2.29. The summed E-state index contributed by atoms with van der Waals surface area (Å²) < 4.78 is 0. The van der Waals surface area contributed by atoms with E-state index >= 15 is 0 Å². The van der Waals surface area contributed by atoms with Gasteiger partial charge in [-0.1, -0.05) is 24.3 Å². The lowest BCUT2D eigenvalue weighted by atomic mass is 10.1. The number of para-hydroxylation sites is 2. The molecule has 28 heavy (non-hydrogen) atoms. The van der Waals surface area contributed by atoms with Gasteiger partial charge in [-0.3, -0.25) is 14.5 Å². The summed E-state index contributed by atoms with van der Waals surface area (Å²) in [5.41, 5.74) is 3.81. The molecule has 2 aromatic rings. The summed E-state index contributed by atoms with van der Waals surface area (Å²) in [4.78, 5) is 30.2. The molecule has 3 rings (SSSR count). The fraction of sp³-hybridized carbons (Fsp3) is 0.364. The molecule has 0 aromatic heterocycles. The number of carbonyl (C=O) groups excluding carboxylic acids is 2. The van der Waals surface area contributed by atoms with Gasteiger partial charge in [0.15, 0.2) is 6.04 Å². The number of likely N-dealkylation sites (N-methyl/N-ethyl adjacent to an activating group) is 1. The normalized spacial score (nSPS) is 15.4. The number of carbonyl (C=O) groups is 2. The summed E-state index contributed by atoms with van der Waals surface area (Å²) in [6.07, 6.45) is 0. The van der Waals surface area contributed by atoms with Crippen LogP contribution in [0.3, 0.4) is 0 Å². The fourth-order valence-electron chi connectivity index (χ4n) is 3.60. The van der Waals surface area contributed by atoms with Crippen LogP contribution in [0.25, 0.3) is 0 Å². The van der Waals surface area contributed by atoms with Crippen LogP contribution in [0, 0.1) is 0 Å². The molecular formula is C22H29N4O2+. The topological polar surface area (TPSA) is 57.1 Å². The number of amides is 2. The molecule has 0 spiro atoms. The number of nitrogens with one attached hydrogen (secondary N) is 2. The molecule has 1 heterocycles. The van der Waals surface area contributed by atoms with E-state index < -0.39 is 0 Å². The maximum absolute atomic E-state index is 13.3. The summed E-state index contributed by atoms with van der Waals surface area (Å²) in [5.74, 6) is -0.180. The molecule has 2 aromatic carbocycles. The lowest BCUT2D eigenvalue weighted by Crippen LogP contribution is -3.15. The van der Waals surface area contributed by atoms with E-state index in [1.807, 2.05) is 45.3 Å². The minimum atomic E-state index is -0.252. The van der Waals surface area contributed by atoms with Gasteiger partial charge in [-0.25, -0.2) is 0 Å². The molecule has 0 saturated heterocycles. The number of rotatable bonds is 6. The molecule has 6 heteroatoms. The van der Waals surface area contributed by atoms with Crippen LogP contribution in [0.2, 0.25) is 0 Å². The van der Waals surface area contributed by atoms with Crippen molar-refractivity contribution >= 4 is 28.9 Å². The maximum atomic E-state index is 13.3. The Kier molecular flexibility index (Phi) is 5.99. The summed E-state index contributed by atoms with van der Waals surface area (Å²) in [5, 5.41) is 2.84. The average molecular weight is 382 g/mol. The van der Waals surface area contributed by atoms with Gasteiger partial charge in [0.2, 0.25) is 5.91 Å². The summed E-state index contributed by atoms with van der Waals surface area (Å²) in [7, 11) is 4.04. The molecule has 0 saturated carbocycles. The monoisotopic (exact) mass is 381 g/mol. The SMILES string of the molecule is CC[NH+](Cc1ccc(N(C)C)cc1)[C@@H](C)C(=O)N1CC(=O)Nc2ccccc21. The highest BCUT2D eigenvalue weighted by atomic mass is 16.2. The van der Waals surface area contributed by atoms with Gasteiger partial charge in [-0.15, -0.1) is 0 Å². The van der Waals surface area contributed by atoms with Crippen LogP contribution in [-0.4, -0.2) is 45.0 Å². The van der Waals surface area contributed by atoms with E-state index in [0.717, 1.165) is 24.5 Å². The van der Waals surface area contributed by atoms with Crippen LogP contribution in [-0.2, 0) is 16.1 Å². The van der Waals surface area contributed by atoms with Gasteiger partial charge in [0, 0.05) is 25.3 Å². The van der Waals surface area contributed by atoms with E-state index in [0.29, 0.717) is 5.69 Å². The summed E-state index contributed by atoms with van der Waals surface area (Å²) in [6, 6.07) is 15.6. The highest BCUT2D eigenvalue weighted by Gasteiger charge is 2.34. The first-order valence-corrected chi connectivity index (χ1v) is 9.71. The van der Waals surface area contributed by atoms with Crippen LogP contribution in [0.5, 0.6) is 0 Å². The number of hydrogen-bond acceptors (Lipinski definition) is 3. The third-order valence-corrected chi connectivity index (χ3v) is 5.36. The first-order valence-electron chi connectivity index (χ1n) is 9.71. The highest BCUT2D eigenvalue weighted by molar-refractivity contribution is 6.10. The van der Waals surface area contributed by atoms with Gasteiger partial charge in [0.1, 0.15) is 13.1 Å². The largest absolute Gasteiger partial charge is 0.378 e. The molecule has 2 N–H and O–H groups in total. The Morgan fingerprint density at radius 1 is 1.18 bits per heavy atom. The number of benzene rings is 2. The average Bonchev–Trinajstić information content (AvgIpc) is 2.70. The second-order valence-corrected chi connectivity index (χ2v) is 7.46. The van der Waals surface area contributed by atoms with Crippen molar-refractivity contribution in [2.75, 3.05) is 42.3 Å². The fourth-order valence-corrected chi connectivity index (χ4v) is 3.60. The Bertz CT molecular complexity index is 848. The molecule has 0 radical (unpaired) electrons. The van der Waals surface area contributed by atoms with Crippen LogP contribution >= 0.6 is 0 Å². The minimum absolute atomic E-state index is 0.0240. The van der Waals surface area contributed by atoms with Crippen LogP contribution in [0.4, 0.5) is 17.1 Å². The van der Waals surface area contributed by atoms with Gasteiger partial charge in [-0.2, -0.15) is 0 Å². The van der Waals surface area contributed by atoms with Crippen LogP contribution in [0.15, 0.2) is 48.5 Å². The van der Waals surface area contributed by atoms with E-state index in [9.17, 15) is 9.59 Å². The third kappa shape index (κ3) is 4.17. The summed E-state index contributed by atoms with van der Waals surface area (Å²) >= 11 is 0. The molecule has 1 aliphatic rings. The second-order valence-electron chi connectivity index (χ2n) is 7.46. The Balaban J connectivity index is 1.76. The predicted octanol–water partition coefficient (Wildman–Crippen LogP) is 1.53. The molecule has 2 amide bonds. The molecule has 0 fully saturated rings. The zero-order valence-electron chi connectivity index (χ0n) is 17.0. The first kappa shape index (κ1) is 19.9. The Morgan fingerprint density at radius 2 is 1.86 bits per heavy atom. The third-order valence-electron chi connectivity index (χ3n) is 5.36. The molecule has 1 aliphatic heterocycles. The lowest BCUT2D eigenvalue weighted by Gasteiger charge is -2.33. The van der Waals surface area contributed by atoms with E-state index in [1.54, 1.807) is 4.90 Å².